The third-order valence-corrected chi connectivity index (χ3v) is 5.38. The van der Waals surface area contributed by atoms with Crippen LogP contribution in [0.15, 0.2) is 78.9 Å². The number of hydrogen-bond donors (Lipinski definition) is 0. The van der Waals surface area contributed by atoms with Crippen molar-refractivity contribution in [1.29, 1.82) is 0 Å². The lowest BCUT2D eigenvalue weighted by Crippen LogP contribution is -2.15. The van der Waals surface area contributed by atoms with Crippen molar-refractivity contribution in [2.24, 2.45) is 0 Å². The van der Waals surface area contributed by atoms with Crippen LogP contribution in [0.5, 0.6) is 11.5 Å². The third-order valence-electron chi connectivity index (χ3n) is 5.38. The van der Waals surface area contributed by atoms with Crippen LogP contribution in [0, 0.1) is 0 Å². The average molecular weight is 501 g/mol. The molecule has 1 aromatic heterocycles. The van der Waals surface area contributed by atoms with Gasteiger partial charge in [-0.05, 0) is 49.4 Å². The Morgan fingerprint density at radius 1 is 0.784 bits per heavy atom. The molecule has 9 heteroatoms. The molecule has 0 saturated carbocycles. The molecule has 0 N–H and O–H groups in total. The molecular weight excluding hydrogens is 476 g/mol. The van der Waals surface area contributed by atoms with E-state index in [1.807, 2.05) is 6.07 Å². The number of methoxy groups -OCH3 is 2. The van der Waals surface area contributed by atoms with Crippen LogP contribution in [0.25, 0.3) is 16.9 Å². The van der Waals surface area contributed by atoms with Gasteiger partial charge in [0.25, 0.3) is 0 Å². The van der Waals surface area contributed by atoms with Gasteiger partial charge in [-0.2, -0.15) is 5.10 Å². The molecule has 0 unspecified atom stereocenters. The Labute approximate surface area is 213 Å². The SMILES string of the molecule is CCOc1cc(-c2nn(-c3ccccc3)c(C(=O)OC)c2C(=O)OC)ccc1OC(=O)c1ccccc1. The van der Waals surface area contributed by atoms with Crippen LogP contribution in [0.4, 0.5) is 0 Å². The number of carbonyl (C=O) groups is 3. The second-order valence-electron chi connectivity index (χ2n) is 7.65. The monoisotopic (exact) mass is 500 g/mol. The summed E-state index contributed by atoms with van der Waals surface area (Å²) in [7, 11) is 2.43. The molecule has 0 aliphatic carbocycles. The zero-order chi connectivity index (χ0) is 26.4. The van der Waals surface area contributed by atoms with E-state index in [9.17, 15) is 14.4 Å². The molecule has 0 radical (unpaired) electrons. The summed E-state index contributed by atoms with van der Waals surface area (Å²) in [4.78, 5) is 38.3. The molecule has 9 nitrogen and oxygen atoms in total. The highest BCUT2D eigenvalue weighted by Crippen LogP contribution is 2.36. The maximum Gasteiger partial charge on any atom is 0.357 e. The Hall–Kier alpha value is -4.92. The fraction of sp³-hybridized carbons (Fsp3) is 0.143. The van der Waals surface area contributed by atoms with Crippen LogP contribution in [-0.2, 0) is 9.47 Å². The van der Waals surface area contributed by atoms with Gasteiger partial charge in [-0.15, -0.1) is 0 Å². The van der Waals surface area contributed by atoms with Crippen molar-refractivity contribution >= 4 is 17.9 Å². The topological polar surface area (TPSA) is 106 Å². The zero-order valence-corrected chi connectivity index (χ0v) is 20.5. The molecule has 0 atom stereocenters. The number of rotatable bonds is 8. The number of para-hydroxylation sites is 1. The molecule has 0 saturated heterocycles. The number of benzene rings is 3. The molecule has 188 valence electrons. The highest BCUT2D eigenvalue weighted by Gasteiger charge is 2.31. The van der Waals surface area contributed by atoms with E-state index >= 15 is 0 Å². The molecular formula is C28H24N2O7. The fourth-order valence-corrected chi connectivity index (χ4v) is 3.70. The number of carbonyl (C=O) groups excluding carboxylic acids is 3. The third kappa shape index (κ3) is 5.20. The number of nitrogens with zero attached hydrogens (tertiary/aromatic N) is 2. The van der Waals surface area contributed by atoms with Gasteiger partial charge in [-0.3, -0.25) is 0 Å². The molecule has 0 spiro atoms. The van der Waals surface area contributed by atoms with E-state index in [1.54, 1.807) is 79.7 Å². The quantitative estimate of drug-likeness (QED) is 0.253. The van der Waals surface area contributed by atoms with Crippen LogP contribution in [-0.4, -0.2) is 48.5 Å². The van der Waals surface area contributed by atoms with Crippen molar-refractivity contribution in [2.75, 3.05) is 20.8 Å². The van der Waals surface area contributed by atoms with Gasteiger partial charge in [-0.25, -0.2) is 19.1 Å². The molecule has 0 fully saturated rings. The minimum absolute atomic E-state index is 0.0744. The normalized spacial score (nSPS) is 10.5. The first kappa shape index (κ1) is 25.2. The van der Waals surface area contributed by atoms with Crippen molar-refractivity contribution < 1.29 is 33.3 Å². The molecule has 0 aliphatic rings. The maximum absolute atomic E-state index is 12.9. The lowest BCUT2D eigenvalue weighted by atomic mass is 10.0. The van der Waals surface area contributed by atoms with Crippen molar-refractivity contribution in [2.45, 2.75) is 6.92 Å². The largest absolute Gasteiger partial charge is 0.490 e. The Balaban J connectivity index is 1.85. The molecule has 4 aromatic rings. The van der Waals surface area contributed by atoms with E-state index in [-0.39, 0.29) is 35.1 Å². The molecule has 0 aliphatic heterocycles. The Kier molecular flexibility index (Phi) is 7.63. The summed E-state index contributed by atoms with van der Waals surface area (Å²) in [5.41, 5.74) is 1.35. The molecule has 3 aromatic carbocycles. The second-order valence-corrected chi connectivity index (χ2v) is 7.65. The predicted molar refractivity (Wildman–Crippen MR) is 134 cm³/mol. The number of aromatic nitrogens is 2. The van der Waals surface area contributed by atoms with Gasteiger partial charge in [0.1, 0.15) is 11.3 Å². The zero-order valence-electron chi connectivity index (χ0n) is 20.5. The van der Waals surface area contributed by atoms with E-state index < -0.39 is 17.9 Å². The standard InChI is InChI=1S/C28H24N2O7/c1-4-36-22-17-19(15-16-21(22)37-26(31)18-11-7-5-8-12-18)24-23(27(32)34-2)25(28(33)35-3)30(29-24)20-13-9-6-10-14-20/h5-17H,4H2,1-3H3. The average Bonchev–Trinajstić information content (AvgIpc) is 3.35. The summed E-state index contributed by atoms with van der Waals surface area (Å²) in [5.74, 6) is -1.63. The number of hydrogen-bond acceptors (Lipinski definition) is 8. The molecule has 1 heterocycles. The van der Waals surface area contributed by atoms with Gasteiger partial charge in [-0.1, -0.05) is 36.4 Å². The van der Waals surface area contributed by atoms with Gasteiger partial charge in [0.05, 0.1) is 32.1 Å². The minimum atomic E-state index is -0.768. The lowest BCUT2D eigenvalue weighted by molar-refractivity contribution is 0.0549. The molecule has 0 amide bonds. The minimum Gasteiger partial charge on any atom is -0.490 e. The van der Waals surface area contributed by atoms with Crippen LogP contribution in [0.1, 0.15) is 38.1 Å². The number of esters is 3. The van der Waals surface area contributed by atoms with Crippen molar-refractivity contribution in [3.05, 3.63) is 95.7 Å². The second kappa shape index (κ2) is 11.2. The maximum atomic E-state index is 12.9. The van der Waals surface area contributed by atoms with Gasteiger partial charge in [0, 0.05) is 5.56 Å². The first-order chi connectivity index (χ1) is 18.0. The van der Waals surface area contributed by atoms with E-state index in [1.165, 1.54) is 18.9 Å². The van der Waals surface area contributed by atoms with Crippen molar-refractivity contribution in [3.63, 3.8) is 0 Å². The summed E-state index contributed by atoms with van der Waals surface area (Å²) in [6, 6.07) is 22.1. The van der Waals surface area contributed by atoms with Crippen LogP contribution >= 0.6 is 0 Å². The van der Waals surface area contributed by atoms with Gasteiger partial charge in [0.15, 0.2) is 17.2 Å². The highest BCUT2D eigenvalue weighted by atomic mass is 16.6. The van der Waals surface area contributed by atoms with E-state index in [0.29, 0.717) is 16.8 Å². The van der Waals surface area contributed by atoms with Gasteiger partial charge < -0.3 is 18.9 Å². The Morgan fingerprint density at radius 2 is 1.43 bits per heavy atom. The Bertz CT molecular complexity index is 1430. The summed E-state index contributed by atoms with van der Waals surface area (Å²) in [6.45, 7) is 2.07. The van der Waals surface area contributed by atoms with Crippen LogP contribution in [0.3, 0.4) is 0 Å². The summed E-state index contributed by atoms with van der Waals surface area (Å²) in [6.07, 6.45) is 0. The van der Waals surface area contributed by atoms with Crippen molar-refractivity contribution in [1.82, 2.24) is 9.78 Å². The van der Waals surface area contributed by atoms with Gasteiger partial charge in [0.2, 0.25) is 0 Å². The first-order valence-electron chi connectivity index (χ1n) is 11.4. The summed E-state index contributed by atoms with van der Waals surface area (Å²) >= 11 is 0. The predicted octanol–water partition coefficient (Wildman–Crippen LogP) is 4.73. The van der Waals surface area contributed by atoms with E-state index in [0.717, 1.165) is 0 Å². The molecule has 4 rings (SSSR count). The summed E-state index contributed by atoms with van der Waals surface area (Å²) in [5, 5.41) is 4.58. The van der Waals surface area contributed by atoms with E-state index in [2.05, 4.69) is 5.10 Å². The first-order valence-corrected chi connectivity index (χ1v) is 11.4. The fourth-order valence-electron chi connectivity index (χ4n) is 3.70. The van der Waals surface area contributed by atoms with Crippen LogP contribution < -0.4 is 9.47 Å². The molecule has 0 bridgehead atoms. The summed E-state index contributed by atoms with van der Waals surface area (Å²) < 4.78 is 22.6. The highest BCUT2D eigenvalue weighted by molar-refractivity contribution is 6.07. The number of ether oxygens (including phenoxy) is 4. The van der Waals surface area contributed by atoms with E-state index in [4.69, 9.17) is 18.9 Å². The lowest BCUT2D eigenvalue weighted by Gasteiger charge is -2.12. The smallest absolute Gasteiger partial charge is 0.357 e. The van der Waals surface area contributed by atoms with Crippen molar-refractivity contribution in [3.8, 4) is 28.4 Å². The van der Waals surface area contributed by atoms with Crippen LogP contribution in [0.2, 0.25) is 0 Å². The Morgan fingerprint density at radius 3 is 2.05 bits per heavy atom. The van der Waals surface area contributed by atoms with Gasteiger partial charge >= 0.3 is 17.9 Å². The molecule has 37 heavy (non-hydrogen) atoms.